The molecule has 0 spiro atoms. The van der Waals surface area contributed by atoms with Gasteiger partial charge in [-0.2, -0.15) is 0 Å². The molecule has 1 aliphatic rings. The fourth-order valence-electron chi connectivity index (χ4n) is 2.03. The van der Waals surface area contributed by atoms with Crippen molar-refractivity contribution in [2.24, 2.45) is 0 Å². The van der Waals surface area contributed by atoms with E-state index in [4.69, 9.17) is 0 Å². The zero-order valence-corrected chi connectivity index (χ0v) is 14.3. The van der Waals surface area contributed by atoms with E-state index in [0.717, 1.165) is 22.2 Å². The van der Waals surface area contributed by atoms with Gasteiger partial charge < -0.3 is 10.6 Å². The third kappa shape index (κ3) is 4.23. The van der Waals surface area contributed by atoms with Crippen LogP contribution in [0.5, 0.6) is 0 Å². The number of nitrogens with zero attached hydrogens (tertiary/aromatic N) is 1. The molecule has 4 amide bonds. The summed E-state index contributed by atoms with van der Waals surface area (Å²) in [6.45, 7) is 4.55. The Hall–Kier alpha value is -2.61. The van der Waals surface area contributed by atoms with Crippen molar-refractivity contribution in [1.29, 1.82) is 0 Å². The van der Waals surface area contributed by atoms with Crippen LogP contribution in [0.2, 0.25) is 0 Å². The Bertz CT molecular complexity index is 736. The number of rotatable bonds is 4. The average Bonchev–Trinajstić information content (AvgIpc) is 2.77. The van der Waals surface area contributed by atoms with Gasteiger partial charge in [0.1, 0.15) is 6.54 Å². The number of hydrogen-bond acceptors (Lipinski definition) is 5. The summed E-state index contributed by atoms with van der Waals surface area (Å²) in [5.74, 6) is -1.11. The van der Waals surface area contributed by atoms with Crippen molar-refractivity contribution in [2.75, 3.05) is 17.2 Å². The van der Waals surface area contributed by atoms with Crippen LogP contribution in [0.15, 0.2) is 34.7 Å². The van der Waals surface area contributed by atoms with Crippen LogP contribution in [0, 0.1) is 0 Å². The largest absolute Gasteiger partial charge is 0.326 e. The minimum Gasteiger partial charge on any atom is -0.326 e. The average molecular weight is 347 g/mol. The summed E-state index contributed by atoms with van der Waals surface area (Å²) >= 11 is 0.843. The molecule has 2 N–H and O–H groups in total. The smallest absolute Gasteiger partial charge is 0.294 e. The Morgan fingerprint density at radius 3 is 2.00 bits per heavy atom. The van der Waals surface area contributed by atoms with Crippen molar-refractivity contribution >= 4 is 46.1 Å². The highest BCUT2D eigenvalue weighted by molar-refractivity contribution is 8.18. The summed E-state index contributed by atoms with van der Waals surface area (Å²) in [6, 6.07) is 6.51. The third-order valence-corrected chi connectivity index (χ3v) is 4.28. The van der Waals surface area contributed by atoms with Gasteiger partial charge in [-0.25, -0.2) is 0 Å². The van der Waals surface area contributed by atoms with E-state index in [0.29, 0.717) is 16.3 Å². The van der Waals surface area contributed by atoms with Crippen molar-refractivity contribution in [2.45, 2.75) is 20.8 Å². The third-order valence-electron chi connectivity index (χ3n) is 3.09. The fraction of sp³-hybridized carbons (Fsp3) is 0.250. The van der Waals surface area contributed by atoms with Crippen LogP contribution in [0.1, 0.15) is 20.8 Å². The number of allylic oxidation sites excluding steroid dienone is 1. The molecule has 7 nitrogen and oxygen atoms in total. The SMILES string of the molecule is CC(=O)Nc1ccc(NC(=O)CN2C(=O)SC(=C(C)C)C2=O)cc1. The minimum absolute atomic E-state index is 0.189. The highest BCUT2D eigenvalue weighted by Gasteiger charge is 2.36. The number of hydrogen-bond donors (Lipinski definition) is 2. The lowest BCUT2D eigenvalue weighted by molar-refractivity contribution is -0.127. The second kappa shape index (κ2) is 7.31. The second-order valence-electron chi connectivity index (χ2n) is 5.40. The molecule has 1 aliphatic heterocycles. The predicted molar refractivity (Wildman–Crippen MR) is 92.4 cm³/mol. The zero-order chi connectivity index (χ0) is 17.9. The van der Waals surface area contributed by atoms with Gasteiger partial charge in [-0.15, -0.1) is 0 Å². The Morgan fingerprint density at radius 1 is 1.00 bits per heavy atom. The Balaban J connectivity index is 1.98. The Morgan fingerprint density at radius 2 is 1.54 bits per heavy atom. The number of nitrogens with one attached hydrogen (secondary N) is 2. The summed E-state index contributed by atoms with van der Waals surface area (Å²) < 4.78 is 0. The van der Waals surface area contributed by atoms with E-state index in [-0.39, 0.29) is 12.5 Å². The topological polar surface area (TPSA) is 95.6 Å². The maximum atomic E-state index is 12.1. The molecule has 24 heavy (non-hydrogen) atoms. The lowest BCUT2D eigenvalue weighted by Gasteiger charge is -2.13. The number of carbonyl (C=O) groups excluding carboxylic acids is 4. The predicted octanol–water partition coefficient (Wildman–Crippen LogP) is 2.57. The summed E-state index contributed by atoms with van der Waals surface area (Å²) in [4.78, 5) is 48.2. The second-order valence-corrected chi connectivity index (χ2v) is 6.36. The normalized spacial score (nSPS) is 14.0. The summed E-state index contributed by atoms with van der Waals surface area (Å²) in [5, 5.41) is 4.77. The van der Waals surface area contributed by atoms with E-state index < -0.39 is 17.1 Å². The molecule has 1 aromatic carbocycles. The molecular weight excluding hydrogens is 330 g/mol. The molecule has 8 heteroatoms. The molecule has 0 aliphatic carbocycles. The molecular formula is C16H17N3O4S. The molecule has 1 aromatic rings. The molecule has 0 bridgehead atoms. The van der Waals surface area contributed by atoms with E-state index in [9.17, 15) is 19.2 Å². The fourth-order valence-corrected chi connectivity index (χ4v) is 2.86. The van der Waals surface area contributed by atoms with Gasteiger partial charge in [-0.05, 0) is 49.9 Å². The van der Waals surface area contributed by atoms with Gasteiger partial charge in [0.2, 0.25) is 11.8 Å². The number of carbonyl (C=O) groups is 4. The van der Waals surface area contributed by atoms with Crippen LogP contribution >= 0.6 is 11.8 Å². The van der Waals surface area contributed by atoms with Gasteiger partial charge in [0.15, 0.2) is 0 Å². The molecule has 0 aromatic heterocycles. The molecule has 1 saturated heterocycles. The van der Waals surface area contributed by atoms with Gasteiger partial charge in [0, 0.05) is 18.3 Å². The Labute approximate surface area is 143 Å². The lowest BCUT2D eigenvalue weighted by atomic mass is 10.2. The molecule has 1 fully saturated rings. The van der Waals surface area contributed by atoms with Crippen LogP contribution in [-0.2, 0) is 14.4 Å². The number of thioether (sulfide) groups is 1. The number of anilines is 2. The molecule has 0 unspecified atom stereocenters. The summed E-state index contributed by atoms with van der Waals surface area (Å²) in [5.41, 5.74) is 1.85. The van der Waals surface area contributed by atoms with E-state index in [2.05, 4.69) is 10.6 Å². The van der Waals surface area contributed by atoms with E-state index >= 15 is 0 Å². The van der Waals surface area contributed by atoms with Crippen molar-refractivity contribution < 1.29 is 19.2 Å². The van der Waals surface area contributed by atoms with E-state index in [1.807, 2.05) is 0 Å². The van der Waals surface area contributed by atoms with Gasteiger partial charge >= 0.3 is 0 Å². The number of benzene rings is 1. The van der Waals surface area contributed by atoms with Gasteiger partial charge in [-0.1, -0.05) is 5.57 Å². The summed E-state index contributed by atoms with van der Waals surface area (Å²) in [7, 11) is 0. The van der Waals surface area contributed by atoms with Crippen LogP contribution in [0.4, 0.5) is 16.2 Å². The minimum atomic E-state index is -0.473. The van der Waals surface area contributed by atoms with Gasteiger partial charge in [-0.3, -0.25) is 24.1 Å². The van der Waals surface area contributed by atoms with E-state index in [1.165, 1.54) is 6.92 Å². The van der Waals surface area contributed by atoms with Crippen LogP contribution in [-0.4, -0.2) is 34.4 Å². The quantitative estimate of drug-likeness (QED) is 0.816. The van der Waals surface area contributed by atoms with E-state index in [1.54, 1.807) is 38.1 Å². The zero-order valence-electron chi connectivity index (χ0n) is 13.5. The van der Waals surface area contributed by atoms with Crippen molar-refractivity contribution in [3.05, 3.63) is 34.7 Å². The molecule has 126 valence electrons. The maximum absolute atomic E-state index is 12.1. The lowest BCUT2D eigenvalue weighted by Crippen LogP contribution is -2.36. The molecule has 1 heterocycles. The van der Waals surface area contributed by atoms with Crippen molar-refractivity contribution in [3.63, 3.8) is 0 Å². The standard InChI is InChI=1S/C16H17N3O4S/c1-9(2)14-15(22)19(16(23)24-14)8-13(21)18-12-6-4-11(5-7-12)17-10(3)20/h4-7H,8H2,1-3H3,(H,17,20)(H,18,21). The first-order chi connectivity index (χ1) is 11.3. The first-order valence-corrected chi connectivity index (χ1v) is 7.98. The van der Waals surface area contributed by atoms with Gasteiger partial charge in [0.25, 0.3) is 11.1 Å². The molecule has 0 atom stereocenters. The van der Waals surface area contributed by atoms with Crippen LogP contribution in [0.25, 0.3) is 0 Å². The van der Waals surface area contributed by atoms with Crippen LogP contribution < -0.4 is 10.6 Å². The highest BCUT2D eigenvalue weighted by Crippen LogP contribution is 2.32. The maximum Gasteiger partial charge on any atom is 0.294 e. The number of amides is 4. The Kier molecular flexibility index (Phi) is 5.40. The first-order valence-electron chi connectivity index (χ1n) is 7.16. The summed E-state index contributed by atoms with van der Waals surface area (Å²) in [6.07, 6.45) is 0. The van der Waals surface area contributed by atoms with Crippen molar-refractivity contribution in [3.8, 4) is 0 Å². The number of imide groups is 1. The first kappa shape index (κ1) is 17.7. The monoisotopic (exact) mass is 347 g/mol. The molecule has 0 saturated carbocycles. The highest BCUT2D eigenvalue weighted by atomic mass is 32.2. The van der Waals surface area contributed by atoms with Gasteiger partial charge in [0.05, 0.1) is 4.91 Å². The van der Waals surface area contributed by atoms with Crippen molar-refractivity contribution in [1.82, 2.24) is 4.90 Å². The van der Waals surface area contributed by atoms with Crippen LogP contribution in [0.3, 0.4) is 0 Å². The molecule has 0 radical (unpaired) electrons. The molecule has 2 rings (SSSR count).